The van der Waals surface area contributed by atoms with E-state index in [1.165, 1.54) is 30.1 Å². The average molecular weight is 271 g/mol. The molecule has 1 aromatic carbocycles. The van der Waals surface area contributed by atoms with Crippen LogP contribution in [0.5, 0.6) is 5.88 Å². The van der Waals surface area contributed by atoms with Crippen molar-refractivity contribution in [3.05, 3.63) is 41.6 Å². The third-order valence-electron chi connectivity index (χ3n) is 2.65. The van der Waals surface area contributed by atoms with Crippen LogP contribution in [0.4, 0.5) is 13.2 Å². The number of aromatic nitrogens is 2. The Morgan fingerprint density at radius 3 is 2.37 bits per heavy atom. The molecule has 2 rings (SSSR count). The summed E-state index contributed by atoms with van der Waals surface area (Å²) in [7, 11) is 1.46. The Hall–Kier alpha value is -2.02. The molecule has 2 aromatic rings. The number of nitrogens with zero attached hydrogens (tertiary/aromatic N) is 2. The summed E-state index contributed by atoms with van der Waals surface area (Å²) >= 11 is 0. The van der Waals surface area contributed by atoms with E-state index in [9.17, 15) is 13.2 Å². The second kappa shape index (κ2) is 4.93. The third-order valence-corrected chi connectivity index (χ3v) is 2.65. The maximum Gasteiger partial charge on any atom is 0.416 e. The van der Waals surface area contributed by atoms with E-state index in [2.05, 4.69) is 5.10 Å². The smallest absolute Gasteiger partial charge is 0.416 e. The van der Waals surface area contributed by atoms with Crippen molar-refractivity contribution in [2.45, 2.75) is 12.7 Å². The molecule has 0 saturated heterocycles. The van der Waals surface area contributed by atoms with Crippen LogP contribution in [-0.2, 0) is 12.7 Å². The van der Waals surface area contributed by atoms with E-state index in [4.69, 9.17) is 10.5 Å². The molecule has 2 N–H and O–H groups in total. The Balaban J connectivity index is 2.40. The second-order valence-electron chi connectivity index (χ2n) is 3.84. The van der Waals surface area contributed by atoms with Gasteiger partial charge in [0.15, 0.2) is 0 Å². The molecule has 0 saturated carbocycles. The fourth-order valence-electron chi connectivity index (χ4n) is 1.70. The van der Waals surface area contributed by atoms with E-state index in [0.29, 0.717) is 17.1 Å². The SMILES string of the molecule is COc1c(CN)cnn1-c1ccc(C(F)(F)F)cc1. The van der Waals surface area contributed by atoms with E-state index in [-0.39, 0.29) is 6.54 Å². The number of hydrogen-bond donors (Lipinski definition) is 1. The molecular weight excluding hydrogens is 259 g/mol. The summed E-state index contributed by atoms with van der Waals surface area (Å²) in [5, 5.41) is 4.05. The minimum Gasteiger partial charge on any atom is -0.481 e. The van der Waals surface area contributed by atoms with Crippen LogP contribution in [0.1, 0.15) is 11.1 Å². The second-order valence-corrected chi connectivity index (χ2v) is 3.84. The molecule has 0 atom stereocenters. The van der Waals surface area contributed by atoms with Crippen molar-refractivity contribution in [3.63, 3.8) is 0 Å². The van der Waals surface area contributed by atoms with Gasteiger partial charge in [-0.2, -0.15) is 18.3 Å². The molecule has 19 heavy (non-hydrogen) atoms. The van der Waals surface area contributed by atoms with Gasteiger partial charge in [0.2, 0.25) is 5.88 Å². The average Bonchev–Trinajstić information content (AvgIpc) is 2.80. The monoisotopic (exact) mass is 271 g/mol. The highest BCUT2D eigenvalue weighted by Gasteiger charge is 2.30. The van der Waals surface area contributed by atoms with Gasteiger partial charge in [-0.1, -0.05) is 0 Å². The van der Waals surface area contributed by atoms with Crippen molar-refractivity contribution >= 4 is 0 Å². The highest BCUT2D eigenvalue weighted by atomic mass is 19.4. The lowest BCUT2D eigenvalue weighted by atomic mass is 10.2. The Kier molecular flexibility index (Phi) is 3.48. The minimum atomic E-state index is -4.35. The Labute approximate surface area is 107 Å². The Morgan fingerprint density at radius 1 is 1.26 bits per heavy atom. The molecule has 102 valence electrons. The maximum absolute atomic E-state index is 12.5. The van der Waals surface area contributed by atoms with Crippen molar-refractivity contribution < 1.29 is 17.9 Å². The summed E-state index contributed by atoms with van der Waals surface area (Å²) in [6.45, 7) is 0.240. The van der Waals surface area contributed by atoms with E-state index in [1.807, 2.05) is 0 Å². The van der Waals surface area contributed by atoms with E-state index >= 15 is 0 Å². The standard InChI is InChI=1S/C12H12F3N3O/c1-19-11-8(6-16)7-17-18(11)10-4-2-9(3-5-10)12(13,14)15/h2-5,7H,6,16H2,1H3. The largest absolute Gasteiger partial charge is 0.481 e. The highest BCUT2D eigenvalue weighted by Crippen LogP contribution is 2.30. The van der Waals surface area contributed by atoms with Gasteiger partial charge in [-0.3, -0.25) is 0 Å². The van der Waals surface area contributed by atoms with E-state index < -0.39 is 11.7 Å². The van der Waals surface area contributed by atoms with Gasteiger partial charge in [-0.15, -0.1) is 0 Å². The molecule has 0 aliphatic carbocycles. The van der Waals surface area contributed by atoms with Crippen molar-refractivity contribution in [1.29, 1.82) is 0 Å². The van der Waals surface area contributed by atoms with Gasteiger partial charge in [-0.05, 0) is 24.3 Å². The van der Waals surface area contributed by atoms with Crippen LogP contribution < -0.4 is 10.5 Å². The van der Waals surface area contributed by atoms with Crippen LogP contribution in [0.15, 0.2) is 30.5 Å². The molecule has 0 bridgehead atoms. The van der Waals surface area contributed by atoms with E-state index in [1.54, 1.807) is 0 Å². The van der Waals surface area contributed by atoms with Crippen molar-refractivity contribution in [2.24, 2.45) is 5.73 Å². The number of hydrogen-bond acceptors (Lipinski definition) is 3. The van der Waals surface area contributed by atoms with Gasteiger partial charge < -0.3 is 10.5 Å². The molecule has 1 heterocycles. The summed E-state index contributed by atoms with van der Waals surface area (Å²) in [5.74, 6) is 0.419. The zero-order valence-corrected chi connectivity index (χ0v) is 10.1. The molecule has 0 aliphatic rings. The Morgan fingerprint density at radius 2 is 1.89 bits per heavy atom. The molecule has 1 aromatic heterocycles. The van der Waals surface area contributed by atoms with Gasteiger partial charge in [0.25, 0.3) is 0 Å². The first kappa shape index (κ1) is 13.4. The van der Waals surface area contributed by atoms with Crippen LogP contribution in [0.3, 0.4) is 0 Å². The summed E-state index contributed by atoms with van der Waals surface area (Å²) < 4.78 is 44.0. The van der Waals surface area contributed by atoms with Crippen LogP contribution in [0.2, 0.25) is 0 Å². The van der Waals surface area contributed by atoms with Crippen molar-refractivity contribution in [2.75, 3.05) is 7.11 Å². The first-order valence-electron chi connectivity index (χ1n) is 5.46. The first-order valence-corrected chi connectivity index (χ1v) is 5.46. The number of methoxy groups -OCH3 is 1. The number of nitrogens with two attached hydrogens (primary N) is 1. The summed E-state index contributed by atoms with van der Waals surface area (Å²) in [4.78, 5) is 0. The molecule has 7 heteroatoms. The van der Waals surface area contributed by atoms with Gasteiger partial charge in [0.1, 0.15) is 0 Å². The quantitative estimate of drug-likeness (QED) is 0.932. The van der Waals surface area contributed by atoms with Crippen LogP contribution in [0.25, 0.3) is 5.69 Å². The predicted molar refractivity (Wildman–Crippen MR) is 63.0 cm³/mol. The first-order chi connectivity index (χ1) is 8.97. The van der Waals surface area contributed by atoms with Gasteiger partial charge in [0, 0.05) is 12.1 Å². The fraction of sp³-hybridized carbons (Fsp3) is 0.250. The predicted octanol–water partition coefficient (Wildman–Crippen LogP) is 2.36. The number of ether oxygens (including phenoxy) is 1. The molecule has 0 unspecified atom stereocenters. The molecule has 4 nitrogen and oxygen atoms in total. The third kappa shape index (κ3) is 2.55. The van der Waals surface area contributed by atoms with Crippen LogP contribution in [-0.4, -0.2) is 16.9 Å². The highest BCUT2D eigenvalue weighted by molar-refractivity contribution is 5.40. The number of alkyl halides is 3. The van der Waals surface area contributed by atoms with Gasteiger partial charge >= 0.3 is 6.18 Å². The minimum absolute atomic E-state index is 0.240. The van der Waals surface area contributed by atoms with Crippen molar-refractivity contribution in [1.82, 2.24) is 9.78 Å². The van der Waals surface area contributed by atoms with E-state index in [0.717, 1.165) is 12.1 Å². The normalized spacial score (nSPS) is 11.6. The summed E-state index contributed by atoms with van der Waals surface area (Å²) in [6.07, 6.45) is -2.83. The topological polar surface area (TPSA) is 53.1 Å². The molecule has 0 radical (unpaired) electrons. The molecule has 0 spiro atoms. The zero-order valence-electron chi connectivity index (χ0n) is 10.1. The lowest BCUT2D eigenvalue weighted by molar-refractivity contribution is -0.137. The fourth-order valence-corrected chi connectivity index (χ4v) is 1.70. The van der Waals surface area contributed by atoms with Crippen LogP contribution >= 0.6 is 0 Å². The lowest BCUT2D eigenvalue weighted by Gasteiger charge is -2.10. The maximum atomic E-state index is 12.5. The van der Waals surface area contributed by atoms with Gasteiger partial charge in [0.05, 0.1) is 24.6 Å². The molecule has 0 amide bonds. The zero-order chi connectivity index (χ0) is 14.0. The Bertz CT molecular complexity index is 561. The molecular formula is C12H12F3N3O. The summed E-state index contributed by atoms with van der Waals surface area (Å²) in [6, 6.07) is 4.66. The number of halogens is 3. The molecule has 0 fully saturated rings. The number of benzene rings is 1. The molecule has 0 aliphatic heterocycles. The number of rotatable bonds is 3. The van der Waals surface area contributed by atoms with Crippen LogP contribution in [0, 0.1) is 0 Å². The van der Waals surface area contributed by atoms with Gasteiger partial charge in [-0.25, -0.2) is 4.68 Å². The summed E-state index contributed by atoms with van der Waals surface area (Å²) in [5.41, 5.74) is 5.97. The van der Waals surface area contributed by atoms with Crippen molar-refractivity contribution in [3.8, 4) is 11.6 Å². The lowest BCUT2D eigenvalue weighted by Crippen LogP contribution is -2.06.